The fourth-order valence-corrected chi connectivity index (χ4v) is 2.47. The summed E-state index contributed by atoms with van der Waals surface area (Å²) < 4.78 is 10.6. The van der Waals surface area contributed by atoms with Crippen molar-refractivity contribution >= 4 is 11.6 Å². The highest BCUT2D eigenvalue weighted by Gasteiger charge is 2.17. The van der Waals surface area contributed by atoms with Crippen LogP contribution in [0.3, 0.4) is 0 Å². The second kappa shape index (κ2) is 6.59. The Morgan fingerprint density at radius 2 is 2.00 bits per heavy atom. The first-order valence-electron chi connectivity index (χ1n) is 6.19. The van der Waals surface area contributed by atoms with Crippen LogP contribution in [-0.2, 0) is 0 Å². The van der Waals surface area contributed by atoms with Crippen LogP contribution in [-0.4, -0.2) is 26.3 Å². The van der Waals surface area contributed by atoms with Gasteiger partial charge in [-0.05, 0) is 36.4 Å². The summed E-state index contributed by atoms with van der Waals surface area (Å²) in [6.45, 7) is 0. The molecule has 0 fully saturated rings. The van der Waals surface area contributed by atoms with E-state index in [2.05, 4.69) is 10.3 Å². The van der Waals surface area contributed by atoms with E-state index in [1.54, 1.807) is 20.4 Å². The molecule has 0 aliphatic heterocycles. The maximum atomic E-state index is 6.25. The molecule has 0 amide bonds. The lowest BCUT2D eigenvalue weighted by Gasteiger charge is -2.19. The molecule has 0 saturated carbocycles. The summed E-state index contributed by atoms with van der Waals surface area (Å²) in [6, 6.07) is 7.69. The van der Waals surface area contributed by atoms with Crippen LogP contribution < -0.4 is 14.8 Å². The summed E-state index contributed by atoms with van der Waals surface area (Å²) in [5.41, 5.74) is 2.04. The zero-order chi connectivity index (χ0) is 14.5. The van der Waals surface area contributed by atoms with Gasteiger partial charge in [0.05, 0.1) is 25.3 Å². The number of nitrogens with zero attached hydrogens (tertiary/aromatic N) is 1. The monoisotopic (exact) mass is 292 g/mol. The quantitative estimate of drug-likeness (QED) is 0.920. The molecule has 1 aromatic carbocycles. The average molecular weight is 293 g/mol. The van der Waals surface area contributed by atoms with Gasteiger partial charge >= 0.3 is 0 Å². The third kappa shape index (κ3) is 2.86. The fraction of sp³-hybridized carbons (Fsp3) is 0.267. The highest BCUT2D eigenvalue weighted by atomic mass is 35.5. The number of ether oxygens (including phenoxy) is 2. The van der Waals surface area contributed by atoms with Gasteiger partial charge in [-0.1, -0.05) is 17.7 Å². The number of hydrogen-bond donors (Lipinski definition) is 1. The van der Waals surface area contributed by atoms with Crippen molar-refractivity contribution in [1.82, 2.24) is 10.3 Å². The van der Waals surface area contributed by atoms with Gasteiger partial charge in [0.15, 0.2) is 11.5 Å². The van der Waals surface area contributed by atoms with Crippen molar-refractivity contribution in [3.05, 3.63) is 52.8 Å². The number of aromatic nitrogens is 1. The molecule has 0 aliphatic rings. The highest BCUT2D eigenvalue weighted by molar-refractivity contribution is 6.32. The van der Waals surface area contributed by atoms with Crippen molar-refractivity contribution in [3.63, 3.8) is 0 Å². The molecule has 0 radical (unpaired) electrons. The zero-order valence-corrected chi connectivity index (χ0v) is 12.4. The minimum Gasteiger partial charge on any atom is -0.493 e. The maximum absolute atomic E-state index is 6.25. The van der Waals surface area contributed by atoms with Gasteiger partial charge in [0.1, 0.15) is 0 Å². The van der Waals surface area contributed by atoms with E-state index in [0.717, 1.165) is 11.1 Å². The molecule has 1 heterocycles. The van der Waals surface area contributed by atoms with E-state index < -0.39 is 0 Å². The van der Waals surface area contributed by atoms with E-state index in [1.807, 2.05) is 37.5 Å². The molecule has 20 heavy (non-hydrogen) atoms. The molecule has 0 spiro atoms. The molecule has 1 atom stereocenters. The van der Waals surface area contributed by atoms with Crippen molar-refractivity contribution in [2.24, 2.45) is 0 Å². The third-order valence-corrected chi connectivity index (χ3v) is 3.38. The number of halogens is 1. The molecule has 0 bridgehead atoms. The summed E-state index contributed by atoms with van der Waals surface area (Å²) >= 11 is 6.25. The molecule has 106 valence electrons. The first-order valence-corrected chi connectivity index (χ1v) is 6.57. The lowest BCUT2D eigenvalue weighted by molar-refractivity contribution is 0.354. The topological polar surface area (TPSA) is 43.4 Å². The van der Waals surface area contributed by atoms with Gasteiger partial charge in [0, 0.05) is 12.4 Å². The predicted molar refractivity (Wildman–Crippen MR) is 79.7 cm³/mol. The van der Waals surface area contributed by atoms with E-state index in [0.29, 0.717) is 16.5 Å². The van der Waals surface area contributed by atoms with Crippen LogP contribution >= 0.6 is 11.6 Å². The van der Waals surface area contributed by atoms with E-state index in [1.165, 1.54) is 0 Å². The minimum absolute atomic E-state index is 0.0130. The summed E-state index contributed by atoms with van der Waals surface area (Å²) in [5, 5.41) is 3.78. The molecule has 0 saturated heterocycles. The van der Waals surface area contributed by atoms with Gasteiger partial charge < -0.3 is 14.8 Å². The van der Waals surface area contributed by atoms with Gasteiger partial charge in [0.25, 0.3) is 0 Å². The molecule has 0 aliphatic carbocycles. The third-order valence-electron chi connectivity index (χ3n) is 3.10. The smallest absolute Gasteiger partial charge is 0.179 e. The Kier molecular flexibility index (Phi) is 4.82. The normalized spacial score (nSPS) is 12.0. The lowest BCUT2D eigenvalue weighted by atomic mass is 10.00. The van der Waals surface area contributed by atoms with Crippen LogP contribution in [0.4, 0.5) is 0 Å². The number of pyridine rings is 1. The van der Waals surface area contributed by atoms with Crippen molar-refractivity contribution in [3.8, 4) is 11.5 Å². The SMILES string of the molecule is CNC(c1cccnc1)c1cc(Cl)c(OC)c(OC)c1. The van der Waals surface area contributed by atoms with Gasteiger partial charge in [0.2, 0.25) is 0 Å². The average Bonchev–Trinajstić information content (AvgIpc) is 2.48. The van der Waals surface area contributed by atoms with Crippen LogP contribution in [0.25, 0.3) is 0 Å². The zero-order valence-electron chi connectivity index (χ0n) is 11.7. The number of methoxy groups -OCH3 is 2. The Hall–Kier alpha value is -1.78. The number of hydrogen-bond acceptors (Lipinski definition) is 4. The standard InChI is InChI=1S/C15H17ClN2O2/c1-17-14(10-5-4-6-18-9-10)11-7-12(16)15(20-3)13(8-11)19-2/h4-9,14,17H,1-3H3. The minimum atomic E-state index is -0.0130. The lowest BCUT2D eigenvalue weighted by Crippen LogP contribution is -2.18. The number of rotatable bonds is 5. The number of nitrogens with one attached hydrogen (secondary N) is 1. The van der Waals surface area contributed by atoms with E-state index >= 15 is 0 Å². The van der Waals surface area contributed by atoms with Gasteiger partial charge in [-0.3, -0.25) is 4.98 Å². The van der Waals surface area contributed by atoms with Crippen molar-refractivity contribution < 1.29 is 9.47 Å². The van der Waals surface area contributed by atoms with Crippen LogP contribution in [0, 0.1) is 0 Å². The van der Waals surface area contributed by atoms with E-state index in [4.69, 9.17) is 21.1 Å². The molecular weight excluding hydrogens is 276 g/mol. The molecule has 2 rings (SSSR count). The summed E-state index contributed by atoms with van der Waals surface area (Å²) in [4.78, 5) is 4.15. The molecule has 4 nitrogen and oxygen atoms in total. The molecule has 2 aromatic rings. The van der Waals surface area contributed by atoms with Crippen molar-refractivity contribution in [2.45, 2.75) is 6.04 Å². The Labute approximate surface area is 123 Å². The van der Waals surface area contributed by atoms with Crippen molar-refractivity contribution in [1.29, 1.82) is 0 Å². The fourth-order valence-electron chi connectivity index (χ4n) is 2.18. The second-order valence-corrected chi connectivity index (χ2v) is 4.65. The first kappa shape index (κ1) is 14.6. The molecule has 1 N–H and O–H groups in total. The van der Waals surface area contributed by atoms with E-state index in [-0.39, 0.29) is 6.04 Å². The van der Waals surface area contributed by atoms with Crippen LogP contribution in [0.2, 0.25) is 5.02 Å². The summed E-state index contributed by atoms with van der Waals surface area (Å²) in [7, 11) is 5.05. The number of benzene rings is 1. The van der Waals surface area contributed by atoms with Crippen LogP contribution in [0.5, 0.6) is 11.5 Å². The summed E-state index contributed by atoms with van der Waals surface area (Å²) in [6.07, 6.45) is 3.57. The summed E-state index contributed by atoms with van der Waals surface area (Å²) in [5.74, 6) is 1.15. The van der Waals surface area contributed by atoms with Gasteiger partial charge in [-0.25, -0.2) is 0 Å². The molecular formula is C15H17ClN2O2. The first-order chi connectivity index (χ1) is 9.71. The maximum Gasteiger partial charge on any atom is 0.179 e. The highest BCUT2D eigenvalue weighted by Crippen LogP contribution is 2.38. The predicted octanol–water partition coefficient (Wildman–Crippen LogP) is 3.06. The van der Waals surface area contributed by atoms with Crippen molar-refractivity contribution in [2.75, 3.05) is 21.3 Å². The van der Waals surface area contributed by atoms with Gasteiger partial charge in [-0.2, -0.15) is 0 Å². The molecule has 1 aromatic heterocycles. The largest absolute Gasteiger partial charge is 0.493 e. The molecule has 5 heteroatoms. The Morgan fingerprint density at radius 3 is 2.55 bits per heavy atom. The Balaban J connectivity index is 2.48. The Morgan fingerprint density at radius 1 is 1.20 bits per heavy atom. The van der Waals surface area contributed by atoms with Gasteiger partial charge in [-0.15, -0.1) is 0 Å². The molecule has 1 unspecified atom stereocenters. The van der Waals surface area contributed by atoms with E-state index in [9.17, 15) is 0 Å². The Bertz CT molecular complexity index is 576. The van der Waals surface area contributed by atoms with Crippen LogP contribution in [0.15, 0.2) is 36.7 Å². The second-order valence-electron chi connectivity index (χ2n) is 4.25. The van der Waals surface area contributed by atoms with Crippen LogP contribution in [0.1, 0.15) is 17.2 Å².